The van der Waals surface area contributed by atoms with Crippen LogP contribution in [-0.2, 0) is 13.0 Å². The van der Waals surface area contributed by atoms with Crippen molar-refractivity contribution in [2.75, 3.05) is 0 Å². The zero-order valence-corrected chi connectivity index (χ0v) is 9.49. The van der Waals surface area contributed by atoms with Crippen LogP contribution in [0, 0.1) is 5.41 Å². The number of hydrogen-bond donors (Lipinski definition) is 1. The molecule has 14 heavy (non-hydrogen) atoms. The molecule has 0 spiro atoms. The molecule has 0 aliphatic rings. The van der Waals surface area contributed by atoms with Gasteiger partial charge in [-0.15, -0.1) is 0 Å². The van der Waals surface area contributed by atoms with Crippen LogP contribution in [0.2, 0.25) is 0 Å². The van der Waals surface area contributed by atoms with Crippen molar-refractivity contribution in [3.05, 3.63) is 18.2 Å². The molecule has 1 N–H and O–H groups in total. The maximum Gasteiger partial charge on any atom is 0.111 e. The summed E-state index contributed by atoms with van der Waals surface area (Å²) >= 11 is 0. The zero-order chi connectivity index (χ0) is 10.8. The van der Waals surface area contributed by atoms with Gasteiger partial charge in [-0.25, -0.2) is 4.98 Å². The fourth-order valence-corrected chi connectivity index (χ4v) is 1.30. The van der Waals surface area contributed by atoms with E-state index in [2.05, 4.69) is 16.5 Å². The number of rotatable bonds is 3. The number of aliphatic hydroxyl groups is 1. The molecule has 0 amide bonds. The molecule has 0 aliphatic heterocycles. The van der Waals surface area contributed by atoms with Crippen LogP contribution in [-0.4, -0.2) is 20.8 Å². The minimum absolute atomic E-state index is 0.0788. The van der Waals surface area contributed by atoms with E-state index in [0.29, 0.717) is 6.42 Å². The first-order chi connectivity index (χ1) is 6.45. The summed E-state index contributed by atoms with van der Waals surface area (Å²) in [5.41, 5.74) is -0.0788. The van der Waals surface area contributed by atoms with Gasteiger partial charge in [0.2, 0.25) is 0 Å². The predicted molar refractivity (Wildman–Crippen MR) is 57.1 cm³/mol. The first-order valence-electron chi connectivity index (χ1n) is 5.13. The maximum absolute atomic E-state index is 9.92. The third kappa shape index (κ3) is 2.58. The highest BCUT2D eigenvalue weighted by atomic mass is 16.3. The highest BCUT2D eigenvalue weighted by Crippen LogP contribution is 2.21. The van der Waals surface area contributed by atoms with E-state index in [1.807, 2.05) is 27.0 Å². The Kier molecular flexibility index (Phi) is 3.32. The molecule has 0 fully saturated rings. The Morgan fingerprint density at radius 1 is 1.50 bits per heavy atom. The molecule has 0 saturated heterocycles. The molecule has 1 heterocycles. The highest BCUT2D eigenvalue weighted by Gasteiger charge is 2.23. The lowest BCUT2D eigenvalue weighted by Crippen LogP contribution is -2.29. The summed E-state index contributed by atoms with van der Waals surface area (Å²) in [7, 11) is 0. The van der Waals surface area contributed by atoms with Crippen LogP contribution < -0.4 is 0 Å². The van der Waals surface area contributed by atoms with E-state index in [4.69, 9.17) is 0 Å². The van der Waals surface area contributed by atoms with Gasteiger partial charge >= 0.3 is 0 Å². The van der Waals surface area contributed by atoms with Gasteiger partial charge in [0.05, 0.1) is 6.10 Å². The van der Waals surface area contributed by atoms with Gasteiger partial charge in [0.15, 0.2) is 0 Å². The SMILES string of the molecule is CCn1ccnc1CC(O)C(C)(C)C. The second-order valence-electron chi connectivity index (χ2n) is 4.72. The van der Waals surface area contributed by atoms with Gasteiger partial charge in [0.25, 0.3) is 0 Å². The van der Waals surface area contributed by atoms with E-state index in [1.54, 1.807) is 6.20 Å². The number of aryl methyl sites for hydroxylation is 1. The van der Waals surface area contributed by atoms with Crippen LogP contribution in [0.25, 0.3) is 0 Å². The van der Waals surface area contributed by atoms with Crippen molar-refractivity contribution in [1.82, 2.24) is 9.55 Å². The normalized spacial score (nSPS) is 14.4. The lowest BCUT2D eigenvalue weighted by molar-refractivity contribution is 0.0611. The maximum atomic E-state index is 9.92. The molecule has 3 heteroatoms. The fraction of sp³-hybridized carbons (Fsp3) is 0.727. The zero-order valence-electron chi connectivity index (χ0n) is 9.49. The summed E-state index contributed by atoms with van der Waals surface area (Å²) in [5.74, 6) is 0.968. The van der Waals surface area contributed by atoms with Crippen LogP contribution >= 0.6 is 0 Å². The smallest absolute Gasteiger partial charge is 0.111 e. The Morgan fingerprint density at radius 2 is 2.14 bits per heavy atom. The summed E-state index contributed by atoms with van der Waals surface area (Å²) in [5, 5.41) is 9.92. The summed E-state index contributed by atoms with van der Waals surface area (Å²) in [4.78, 5) is 4.24. The summed E-state index contributed by atoms with van der Waals surface area (Å²) in [6.07, 6.45) is 4.03. The Morgan fingerprint density at radius 3 is 2.64 bits per heavy atom. The molecular formula is C11H20N2O. The Hall–Kier alpha value is -0.830. The van der Waals surface area contributed by atoms with E-state index >= 15 is 0 Å². The first-order valence-corrected chi connectivity index (χ1v) is 5.13. The number of hydrogen-bond acceptors (Lipinski definition) is 2. The topological polar surface area (TPSA) is 38.0 Å². The van der Waals surface area contributed by atoms with Gasteiger partial charge in [-0.05, 0) is 12.3 Å². The molecular weight excluding hydrogens is 176 g/mol. The molecule has 0 bridgehead atoms. The average Bonchev–Trinajstić information content (AvgIpc) is 2.50. The standard InChI is InChI=1S/C11H20N2O/c1-5-13-7-6-12-10(13)8-9(14)11(2,3)4/h6-7,9,14H,5,8H2,1-4H3. The van der Waals surface area contributed by atoms with Gasteiger partial charge in [-0.2, -0.15) is 0 Å². The van der Waals surface area contributed by atoms with Crippen molar-refractivity contribution in [3.8, 4) is 0 Å². The van der Waals surface area contributed by atoms with E-state index in [0.717, 1.165) is 12.4 Å². The fourth-order valence-electron chi connectivity index (χ4n) is 1.30. The molecule has 3 nitrogen and oxygen atoms in total. The predicted octanol–water partition coefficient (Wildman–Crippen LogP) is 1.85. The van der Waals surface area contributed by atoms with Crippen molar-refractivity contribution < 1.29 is 5.11 Å². The lowest BCUT2D eigenvalue weighted by atomic mass is 9.87. The Labute approximate surface area is 85.8 Å². The molecule has 0 aromatic carbocycles. The van der Waals surface area contributed by atoms with Gasteiger partial charge in [-0.3, -0.25) is 0 Å². The largest absolute Gasteiger partial charge is 0.392 e. The van der Waals surface area contributed by atoms with Crippen LogP contribution in [0.1, 0.15) is 33.5 Å². The van der Waals surface area contributed by atoms with Gasteiger partial charge in [-0.1, -0.05) is 20.8 Å². The number of imidazole rings is 1. The van der Waals surface area contributed by atoms with Crippen molar-refractivity contribution in [1.29, 1.82) is 0 Å². The first kappa shape index (κ1) is 11.2. The van der Waals surface area contributed by atoms with Gasteiger partial charge in [0.1, 0.15) is 5.82 Å². The lowest BCUT2D eigenvalue weighted by Gasteiger charge is -2.25. The van der Waals surface area contributed by atoms with Gasteiger partial charge in [0, 0.05) is 25.4 Å². The molecule has 1 aromatic rings. The monoisotopic (exact) mass is 196 g/mol. The van der Waals surface area contributed by atoms with Crippen molar-refractivity contribution >= 4 is 0 Å². The van der Waals surface area contributed by atoms with Crippen LogP contribution in [0.5, 0.6) is 0 Å². The molecule has 80 valence electrons. The second-order valence-corrected chi connectivity index (χ2v) is 4.72. The quantitative estimate of drug-likeness (QED) is 0.801. The van der Waals surface area contributed by atoms with Gasteiger partial charge < -0.3 is 9.67 Å². The number of aromatic nitrogens is 2. The van der Waals surface area contributed by atoms with Crippen LogP contribution in [0.15, 0.2) is 12.4 Å². The molecule has 1 unspecified atom stereocenters. The van der Waals surface area contributed by atoms with Crippen LogP contribution in [0.3, 0.4) is 0 Å². The summed E-state index contributed by atoms with van der Waals surface area (Å²) in [6.45, 7) is 9.10. The Bertz CT molecular complexity index is 286. The molecule has 1 aromatic heterocycles. The average molecular weight is 196 g/mol. The molecule has 0 radical (unpaired) electrons. The van der Waals surface area contributed by atoms with Crippen LogP contribution in [0.4, 0.5) is 0 Å². The Balaban J connectivity index is 2.69. The molecule has 1 rings (SSSR count). The van der Waals surface area contributed by atoms with E-state index in [-0.39, 0.29) is 11.5 Å². The van der Waals surface area contributed by atoms with E-state index < -0.39 is 0 Å². The van der Waals surface area contributed by atoms with Crippen molar-refractivity contribution in [2.45, 2.75) is 46.8 Å². The van der Waals surface area contributed by atoms with Crippen molar-refractivity contribution in [3.63, 3.8) is 0 Å². The third-order valence-electron chi connectivity index (χ3n) is 2.52. The third-order valence-corrected chi connectivity index (χ3v) is 2.52. The number of nitrogens with zero attached hydrogens (tertiary/aromatic N) is 2. The summed E-state index contributed by atoms with van der Waals surface area (Å²) < 4.78 is 2.06. The summed E-state index contributed by atoms with van der Waals surface area (Å²) in [6, 6.07) is 0. The highest BCUT2D eigenvalue weighted by molar-refractivity contribution is 4.95. The molecule has 0 saturated carbocycles. The number of aliphatic hydroxyl groups excluding tert-OH is 1. The molecule has 1 atom stereocenters. The van der Waals surface area contributed by atoms with Crippen molar-refractivity contribution in [2.24, 2.45) is 5.41 Å². The molecule has 0 aliphatic carbocycles. The minimum Gasteiger partial charge on any atom is -0.392 e. The second kappa shape index (κ2) is 4.13. The van der Waals surface area contributed by atoms with E-state index in [9.17, 15) is 5.11 Å². The minimum atomic E-state index is -0.338. The van der Waals surface area contributed by atoms with E-state index in [1.165, 1.54) is 0 Å².